The van der Waals surface area contributed by atoms with Crippen molar-refractivity contribution in [2.24, 2.45) is 5.41 Å². The molecule has 0 radical (unpaired) electrons. The highest BCUT2D eigenvalue weighted by Crippen LogP contribution is 2.43. The maximum Gasteiger partial charge on any atom is 0.325 e. The molecule has 2 N–H and O–H groups in total. The Bertz CT molecular complexity index is 790. The smallest absolute Gasteiger partial charge is 0.310 e. The molecule has 0 saturated heterocycles. The van der Waals surface area contributed by atoms with Gasteiger partial charge in [-0.2, -0.15) is 0 Å². The number of nitrogens with one attached hydrogen (secondary N) is 2. The van der Waals surface area contributed by atoms with Crippen molar-refractivity contribution < 1.29 is 0 Å². The molecule has 1 heterocycles. The van der Waals surface area contributed by atoms with Gasteiger partial charge in [-0.05, 0) is 50.0 Å². The minimum Gasteiger partial charge on any atom is -0.310 e. The van der Waals surface area contributed by atoms with Gasteiger partial charge in [-0.1, -0.05) is 38.0 Å². The van der Waals surface area contributed by atoms with Crippen molar-refractivity contribution in [1.82, 2.24) is 9.97 Å². The summed E-state index contributed by atoms with van der Waals surface area (Å²) in [6, 6.07) is 0. The van der Waals surface area contributed by atoms with Gasteiger partial charge in [-0.3, -0.25) is 9.78 Å². The molecule has 124 valence electrons. The molecular formula is C19H26N2O2. The van der Waals surface area contributed by atoms with Gasteiger partial charge in [0.1, 0.15) is 0 Å². The molecule has 0 amide bonds. The Balaban J connectivity index is 2.15. The van der Waals surface area contributed by atoms with E-state index in [0.29, 0.717) is 11.5 Å². The molecule has 2 aliphatic carbocycles. The highest BCUT2D eigenvalue weighted by molar-refractivity contribution is 5.70. The molecular weight excluding hydrogens is 288 g/mol. The topological polar surface area (TPSA) is 65.7 Å². The summed E-state index contributed by atoms with van der Waals surface area (Å²) in [7, 11) is 0. The summed E-state index contributed by atoms with van der Waals surface area (Å²) in [4.78, 5) is 29.6. The fourth-order valence-electron chi connectivity index (χ4n) is 3.10. The van der Waals surface area contributed by atoms with Crippen molar-refractivity contribution in [2.75, 3.05) is 0 Å². The number of hydrogen-bond acceptors (Lipinski definition) is 2. The van der Waals surface area contributed by atoms with Crippen molar-refractivity contribution in [3.63, 3.8) is 0 Å². The largest absolute Gasteiger partial charge is 0.325 e. The monoisotopic (exact) mass is 314 g/mol. The lowest BCUT2D eigenvalue weighted by Crippen LogP contribution is -2.28. The molecule has 2 saturated carbocycles. The van der Waals surface area contributed by atoms with Crippen LogP contribution in [-0.4, -0.2) is 9.97 Å². The predicted octanol–water partition coefficient (Wildman–Crippen LogP) is 3.87. The summed E-state index contributed by atoms with van der Waals surface area (Å²) in [5.41, 5.74) is 4.76. The molecule has 0 unspecified atom stereocenters. The van der Waals surface area contributed by atoms with E-state index in [1.54, 1.807) is 0 Å². The van der Waals surface area contributed by atoms with Crippen molar-refractivity contribution in [3.05, 3.63) is 49.3 Å². The van der Waals surface area contributed by atoms with Crippen LogP contribution < -0.4 is 11.2 Å². The van der Waals surface area contributed by atoms with Crippen LogP contribution in [0.5, 0.6) is 0 Å². The molecule has 2 aliphatic rings. The summed E-state index contributed by atoms with van der Waals surface area (Å²) in [5, 5.41) is 0. The Hall–Kier alpha value is -1.84. The zero-order valence-electron chi connectivity index (χ0n) is 14.5. The van der Waals surface area contributed by atoms with Crippen LogP contribution in [0.1, 0.15) is 77.0 Å². The van der Waals surface area contributed by atoms with Crippen molar-refractivity contribution in [1.29, 1.82) is 0 Å². The van der Waals surface area contributed by atoms with E-state index >= 15 is 0 Å². The van der Waals surface area contributed by atoms with Crippen LogP contribution in [0.15, 0.2) is 26.8 Å². The number of allylic oxidation sites excluding steroid dienone is 4. The van der Waals surface area contributed by atoms with Crippen molar-refractivity contribution in [2.45, 2.75) is 65.7 Å². The van der Waals surface area contributed by atoms with E-state index in [2.05, 4.69) is 43.7 Å². The van der Waals surface area contributed by atoms with Gasteiger partial charge in [-0.25, -0.2) is 4.79 Å². The quantitative estimate of drug-likeness (QED) is 0.886. The molecule has 0 aromatic carbocycles. The third-order valence-electron chi connectivity index (χ3n) is 4.45. The normalized spacial score (nSPS) is 18.3. The Kier molecular flexibility index (Phi) is 3.95. The molecule has 4 nitrogen and oxygen atoms in total. The number of aromatic nitrogens is 2. The van der Waals surface area contributed by atoms with Gasteiger partial charge < -0.3 is 4.98 Å². The molecule has 0 spiro atoms. The molecule has 0 aliphatic heterocycles. The van der Waals surface area contributed by atoms with Gasteiger partial charge in [0.2, 0.25) is 0 Å². The lowest BCUT2D eigenvalue weighted by molar-refractivity contribution is 0.427. The Morgan fingerprint density at radius 3 is 2.35 bits per heavy atom. The van der Waals surface area contributed by atoms with Crippen LogP contribution in [0.4, 0.5) is 0 Å². The summed E-state index contributed by atoms with van der Waals surface area (Å²) < 4.78 is 0. The van der Waals surface area contributed by atoms with E-state index in [9.17, 15) is 9.59 Å². The van der Waals surface area contributed by atoms with Crippen LogP contribution in [0.2, 0.25) is 0 Å². The van der Waals surface area contributed by atoms with Crippen LogP contribution in [-0.2, 0) is 0 Å². The zero-order valence-corrected chi connectivity index (χ0v) is 14.5. The first-order valence-corrected chi connectivity index (χ1v) is 8.50. The molecule has 4 heteroatoms. The molecule has 0 bridgehead atoms. The second-order valence-corrected chi connectivity index (χ2v) is 8.16. The van der Waals surface area contributed by atoms with E-state index in [0.717, 1.165) is 30.5 Å². The van der Waals surface area contributed by atoms with Gasteiger partial charge in [-0.15, -0.1) is 0 Å². The first kappa shape index (κ1) is 16.0. The third-order valence-corrected chi connectivity index (χ3v) is 4.45. The number of rotatable bonds is 4. The molecule has 0 atom stereocenters. The molecule has 23 heavy (non-hydrogen) atoms. The summed E-state index contributed by atoms with van der Waals surface area (Å²) in [5.74, 6) is 0.331. The van der Waals surface area contributed by atoms with Gasteiger partial charge in [0.25, 0.3) is 5.56 Å². The highest BCUT2D eigenvalue weighted by atomic mass is 16.2. The SMILES string of the molecule is CC(/C=C(/CC(C)(C)C)c1c(C2CC2)[nH]c(=O)[nH]c1=O)=C1CC1. The standard InChI is InChI=1S/C19H26N2O2/c1-11(12-5-6-12)9-14(10-19(2,3)4)15-16(13-7-8-13)20-18(23)21-17(15)22/h9,13H,5-8,10H2,1-4H3,(H2,20,21,22,23)/b14-9-. The number of hydrogen-bond donors (Lipinski definition) is 2. The van der Waals surface area contributed by atoms with Gasteiger partial charge in [0.15, 0.2) is 0 Å². The average molecular weight is 314 g/mol. The van der Waals surface area contributed by atoms with Gasteiger partial charge >= 0.3 is 5.69 Å². The van der Waals surface area contributed by atoms with Crippen LogP contribution in [0, 0.1) is 5.41 Å². The Labute approximate surface area is 136 Å². The first-order chi connectivity index (χ1) is 10.7. The second-order valence-electron chi connectivity index (χ2n) is 8.16. The minimum atomic E-state index is -0.395. The van der Waals surface area contributed by atoms with Crippen LogP contribution in [0.3, 0.4) is 0 Å². The predicted molar refractivity (Wildman–Crippen MR) is 93.6 cm³/mol. The van der Waals surface area contributed by atoms with E-state index < -0.39 is 5.69 Å². The van der Waals surface area contributed by atoms with E-state index in [1.807, 2.05) is 0 Å². The lowest BCUT2D eigenvalue weighted by Gasteiger charge is -2.22. The summed E-state index contributed by atoms with van der Waals surface area (Å²) >= 11 is 0. The van der Waals surface area contributed by atoms with Crippen LogP contribution in [0.25, 0.3) is 5.57 Å². The third kappa shape index (κ3) is 3.92. The Morgan fingerprint density at radius 1 is 1.17 bits per heavy atom. The number of H-pyrrole nitrogens is 2. The minimum absolute atomic E-state index is 0.0731. The van der Waals surface area contributed by atoms with Crippen molar-refractivity contribution >= 4 is 5.57 Å². The highest BCUT2D eigenvalue weighted by Gasteiger charge is 2.31. The fraction of sp³-hybridized carbons (Fsp3) is 0.579. The van der Waals surface area contributed by atoms with Crippen LogP contribution >= 0.6 is 0 Å². The summed E-state index contributed by atoms with van der Waals surface area (Å²) in [6.07, 6.45) is 7.42. The zero-order chi connectivity index (χ0) is 16.8. The number of aromatic amines is 2. The van der Waals surface area contributed by atoms with Gasteiger partial charge in [0.05, 0.1) is 5.56 Å². The lowest BCUT2D eigenvalue weighted by atomic mass is 9.84. The molecule has 1 aromatic rings. The maximum absolute atomic E-state index is 12.6. The average Bonchev–Trinajstić information content (AvgIpc) is 3.25. The van der Waals surface area contributed by atoms with E-state index in [1.165, 1.54) is 24.0 Å². The maximum atomic E-state index is 12.6. The summed E-state index contributed by atoms with van der Waals surface area (Å²) in [6.45, 7) is 8.66. The van der Waals surface area contributed by atoms with E-state index in [-0.39, 0.29) is 11.0 Å². The Morgan fingerprint density at radius 2 is 1.83 bits per heavy atom. The first-order valence-electron chi connectivity index (χ1n) is 8.50. The van der Waals surface area contributed by atoms with E-state index in [4.69, 9.17) is 0 Å². The fourth-order valence-corrected chi connectivity index (χ4v) is 3.10. The molecule has 3 rings (SSSR count). The molecule has 2 fully saturated rings. The van der Waals surface area contributed by atoms with Crippen molar-refractivity contribution in [3.8, 4) is 0 Å². The second kappa shape index (κ2) is 5.66. The molecule has 1 aromatic heterocycles. The van der Waals surface area contributed by atoms with Gasteiger partial charge in [0, 0.05) is 11.6 Å².